The molecule has 0 amide bonds. The van der Waals surface area contributed by atoms with Crippen molar-refractivity contribution in [3.63, 3.8) is 0 Å². The number of hydrogen-bond acceptors (Lipinski definition) is 4. The fraction of sp³-hybridized carbons (Fsp3) is 0.417. The third kappa shape index (κ3) is 3.25. The van der Waals surface area contributed by atoms with E-state index in [9.17, 15) is 4.79 Å². The molecule has 0 N–H and O–H groups in total. The van der Waals surface area contributed by atoms with Gasteiger partial charge in [0.05, 0.1) is 5.56 Å². The molecule has 0 bridgehead atoms. The zero-order chi connectivity index (χ0) is 11.2. The number of benzene rings is 1. The Balaban J connectivity index is 1.79. The van der Waals surface area contributed by atoms with E-state index < -0.39 is 0 Å². The normalized spacial score (nSPS) is 20.4. The summed E-state index contributed by atoms with van der Waals surface area (Å²) in [5.74, 6) is 0.795. The minimum absolute atomic E-state index is 0.00131. The largest absolute Gasteiger partial charge is 0.458 e. The molecule has 1 aliphatic heterocycles. The van der Waals surface area contributed by atoms with Gasteiger partial charge in [-0.25, -0.2) is 4.79 Å². The first-order valence-corrected chi connectivity index (χ1v) is 6.36. The van der Waals surface area contributed by atoms with Crippen molar-refractivity contribution in [2.45, 2.75) is 11.9 Å². The number of ether oxygens (including phenoxy) is 2. The number of carbonyl (C=O) groups excluding carboxylic acids is 1. The fourth-order valence-electron chi connectivity index (χ4n) is 1.43. The van der Waals surface area contributed by atoms with E-state index in [1.807, 2.05) is 18.2 Å². The third-order valence-electron chi connectivity index (χ3n) is 2.26. The standard InChI is InChI=1S/C12H14O3S/c13-12(10-5-2-1-3-6-10)15-9-11-14-7-4-8-16-11/h1-3,5-6,11H,4,7-9H2. The Morgan fingerprint density at radius 1 is 1.44 bits per heavy atom. The van der Waals surface area contributed by atoms with Crippen LogP contribution in [0.1, 0.15) is 16.8 Å². The molecule has 0 aliphatic carbocycles. The molecule has 1 aliphatic rings. The predicted octanol–water partition coefficient (Wildman–Crippen LogP) is 2.32. The Hall–Kier alpha value is -1.00. The van der Waals surface area contributed by atoms with E-state index in [1.54, 1.807) is 23.9 Å². The first-order valence-electron chi connectivity index (χ1n) is 5.31. The molecule has 1 aromatic rings. The molecule has 0 saturated carbocycles. The van der Waals surface area contributed by atoms with Gasteiger partial charge in [-0.3, -0.25) is 0 Å². The van der Waals surface area contributed by atoms with Crippen LogP contribution >= 0.6 is 11.8 Å². The summed E-state index contributed by atoms with van der Waals surface area (Å²) in [5.41, 5.74) is 0.588. The van der Waals surface area contributed by atoms with E-state index in [-0.39, 0.29) is 11.4 Å². The van der Waals surface area contributed by atoms with Crippen molar-refractivity contribution >= 4 is 17.7 Å². The third-order valence-corrected chi connectivity index (χ3v) is 3.42. The van der Waals surface area contributed by atoms with E-state index in [1.165, 1.54) is 0 Å². The molecule has 1 fully saturated rings. The number of esters is 1. The molecule has 1 heterocycles. The SMILES string of the molecule is O=C(OCC1OCCCS1)c1ccccc1. The summed E-state index contributed by atoms with van der Waals surface area (Å²) in [6.07, 6.45) is 1.08. The van der Waals surface area contributed by atoms with Gasteiger partial charge in [0.15, 0.2) is 0 Å². The maximum Gasteiger partial charge on any atom is 0.338 e. The minimum Gasteiger partial charge on any atom is -0.458 e. The van der Waals surface area contributed by atoms with Crippen molar-refractivity contribution < 1.29 is 14.3 Å². The Bertz CT molecular complexity index is 333. The Morgan fingerprint density at radius 3 is 2.94 bits per heavy atom. The van der Waals surface area contributed by atoms with Crippen LogP contribution in [0, 0.1) is 0 Å². The number of carbonyl (C=O) groups is 1. The molecule has 0 spiro atoms. The molecule has 0 radical (unpaired) electrons. The second-order valence-corrected chi connectivity index (χ2v) is 4.76. The monoisotopic (exact) mass is 238 g/mol. The van der Waals surface area contributed by atoms with Crippen molar-refractivity contribution in [3.05, 3.63) is 35.9 Å². The highest BCUT2D eigenvalue weighted by Gasteiger charge is 2.16. The first kappa shape index (κ1) is 11.5. The Morgan fingerprint density at radius 2 is 2.25 bits per heavy atom. The van der Waals surface area contributed by atoms with Crippen LogP contribution in [0.2, 0.25) is 0 Å². The second-order valence-electron chi connectivity index (χ2n) is 3.49. The lowest BCUT2D eigenvalue weighted by Crippen LogP contribution is -2.23. The number of thioether (sulfide) groups is 1. The van der Waals surface area contributed by atoms with Crippen LogP contribution in [0.4, 0.5) is 0 Å². The molecule has 86 valence electrons. The summed E-state index contributed by atoms with van der Waals surface area (Å²) >= 11 is 1.70. The van der Waals surface area contributed by atoms with Crippen LogP contribution in [0.25, 0.3) is 0 Å². The van der Waals surface area contributed by atoms with Gasteiger partial charge in [-0.05, 0) is 24.3 Å². The average Bonchev–Trinajstić information content (AvgIpc) is 2.38. The van der Waals surface area contributed by atoms with Gasteiger partial charge in [0.25, 0.3) is 0 Å². The molecule has 1 aromatic carbocycles. The highest BCUT2D eigenvalue weighted by Crippen LogP contribution is 2.19. The average molecular weight is 238 g/mol. The quantitative estimate of drug-likeness (QED) is 0.757. The maximum atomic E-state index is 11.6. The highest BCUT2D eigenvalue weighted by molar-refractivity contribution is 7.99. The molecule has 3 nitrogen and oxygen atoms in total. The summed E-state index contributed by atoms with van der Waals surface area (Å²) < 4.78 is 10.6. The molecular weight excluding hydrogens is 224 g/mol. The van der Waals surface area contributed by atoms with Crippen molar-refractivity contribution in [3.8, 4) is 0 Å². The van der Waals surface area contributed by atoms with Crippen LogP contribution in [-0.2, 0) is 9.47 Å². The first-order chi connectivity index (χ1) is 7.86. The molecular formula is C12H14O3S. The molecule has 2 rings (SSSR count). The van der Waals surface area contributed by atoms with Crippen LogP contribution in [0.5, 0.6) is 0 Å². The van der Waals surface area contributed by atoms with Gasteiger partial charge < -0.3 is 9.47 Å². The van der Waals surface area contributed by atoms with Gasteiger partial charge >= 0.3 is 5.97 Å². The van der Waals surface area contributed by atoms with Crippen LogP contribution in [0.15, 0.2) is 30.3 Å². The van der Waals surface area contributed by atoms with E-state index in [0.717, 1.165) is 18.8 Å². The summed E-state index contributed by atoms with van der Waals surface area (Å²) in [5, 5.41) is 0. The molecule has 1 saturated heterocycles. The lowest BCUT2D eigenvalue weighted by molar-refractivity contribution is 0.0209. The van der Waals surface area contributed by atoms with Gasteiger partial charge in [-0.1, -0.05) is 18.2 Å². The molecule has 1 atom stereocenters. The van der Waals surface area contributed by atoms with Gasteiger partial charge in [0.1, 0.15) is 12.0 Å². The van der Waals surface area contributed by atoms with Crippen LogP contribution < -0.4 is 0 Å². The summed E-state index contributed by atoms with van der Waals surface area (Å²) in [6.45, 7) is 1.10. The maximum absolute atomic E-state index is 11.6. The summed E-state index contributed by atoms with van der Waals surface area (Å²) in [6, 6.07) is 9.01. The van der Waals surface area contributed by atoms with Gasteiger partial charge in [-0.2, -0.15) is 0 Å². The molecule has 16 heavy (non-hydrogen) atoms. The Kier molecular flexibility index (Phi) is 4.25. The van der Waals surface area contributed by atoms with E-state index in [4.69, 9.17) is 9.47 Å². The van der Waals surface area contributed by atoms with Crippen LogP contribution in [0.3, 0.4) is 0 Å². The number of rotatable bonds is 3. The van der Waals surface area contributed by atoms with Crippen molar-refractivity contribution in [1.29, 1.82) is 0 Å². The van der Waals surface area contributed by atoms with Gasteiger partial charge in [0, 0.05) is 6.61 Å². The topological polar surface area (TPSA) is 35.5 Å². The Labute approximate surface area is 99.1 Å². The van der Waals surface area contributed by atoms with Crippen LogP contribution in [-0.4, -0.2) is 30.4 Å². The van der Waals surface area contributed by atoms with Gasteiger partial charge in [0.2, 0.25) is 0 Å². The van der Waals surface area contributed by atoms with E-state index in [2.05, 4.69) is 0 Å². The van der Waals surface area contributed by atoms with E-state index >= 15 is 0 Å². The van der Waals surface area contributed by atoms with Crippen molar-refractivity contribution in [1.82, 2.24) is 0 Å². The number of hydrogen-bond donors (Lipinski definition) is 0. The van der Waals surface area contributed by atoms with Crippen molar-refractivity contribution in [2.24, 2.45) is 0 Å². The predicted molar refractivity (Wildman–Crippen MR) is 63.5 cm³/mol. The minimum atomic E-state index is -0.282. The zero-order valence-electron chi connectivity index (χ0n) is 8.93. The molecule has 0 aromatic heterocycles. The van der Waals surface area contributed by atoms with Crippen molar-refractivity contribution in [2.75, 3.05) is 19.0 Å². The summed E-state index contributed by atoms with van der Waals surface area (Å²) in [4.78, 5) is 11.6. The smallest absolute Gasteiger partial charge is 0.338 e. The molecule has 4 heteroatoms. The molecule has 1 unspecified atom stereocenters. The highest BCUT2D eigenvalue weighted by atomic mass is 32.2. The van der Waals surface area contributed by atoms with E-state index in [0.29, 0.717) is 12.2 Å². The second kappa shape index (κ2) is 5.92. The lowest BCUT2D eigenvalue weighted by atomic mass is 10.2. The van der Waals surface area contributed by atoms with Gasteiger partial charge in [-0.15, -0.1) is 11.8 Å². The summed E-state index contributed by atoms with van der Waals surface area (Å²) in [7, 11) is 0. The fourth-order valence-corrected chi connectivity index (χ4v) is 2.34. The lowest BCUT2D eigenvalue weighted by Gasteiger charge is -2.21. The zero-order valence-corrected chi connectivity index (χ0v) is 9.74.